The van der Waals surface area contributed by atoms with E-state index in [1.165, 1.54) is 11.3 Å². The minimum absolute atomic E-state index is 0.756. The lowest BCUT2D eigenvalue weighted by atomic mass is 10.1. The molecule has 0 spiro atoms. The quantitative estimate of drug-likeness (QED) is 0.597. The van der Waals surface area contributed by atoms with E-state index < -0.39 is 0 Å². The van der Waals surface area contributed by atoms with E-state index in [2.05, 4.69) is 10.5 Å². The minimum atomic E-state index is 0.756. The number of aromatic nitrogens is 1. The summed E-state index contributed by atoms with van der Waals surface area (Å²) in [6, 6.07) is 18.0. The summed E-state index contributed by atoms with van der Waals surface area (Å²) in [7, 11) is 1.66. The predicted molar refractivity (Wildman–Crippen MR) is 85.4 cm³/mol. The standard InChI is InChI=1S/C16H15N3OS/c1-20-14-9-7-12(8-10-14)15-11-21-16(18-17)19(15)13-5-3-2-4-6-13/h2-11H,17H2,1H3. The molecule has 2 N–H and O–H groups in total. The van der Waals surface area contributed by atoms with Gasteiger partial charge in [0, 0.05) is 11.1 Å². The van der Waals surface area contributed by atoms with Gasteiger partial charge in [0.2, 0.25) is 4.80 Å². The summed E-state index contributed by atoms with van der Waals surface area (Å²) in [5.74, 6) is 6.36. The van der Waals surface area contributed by atoms with Crippen LogP contribution in [0, 0.1) is 0 Å². The number of para-hydroxylation sites is 1. The number of nitrogens with two attached hydrogens (primary N) is 1. The summed E-state index contributed by atoms with van der Waals surface area (Å²) in [6.45, 7) is 0. The molecule has 21 heavy (non-hydrogen) atoms. The fourth-order valence-corrected chi connectivity index (χ4v) is 3.02. The second kappa shape index (κ2) is 5.85. The molecule has 3 rings (SSSR count). The molecule has 5 heteroatoms. The van der Waals surface area contributed by atoms with Gasteiger partial charge in [0.15, 0.2) is 0 Å². The molecule has 0 aliphatic heterocycles. The SMILES string of the molecule is COc1ccc(-c2csc(=NN)n2-c2ccccc2)cc1. The van der Waals surface area contributed by atoms with Crippen LogP contribution in [0.25, 0.3) is 16.9 Å². The Morgan fingerprint density at radius 2 is 1.76 bits per heavy atom. The first-order valence-corrected chi connectivity index (χ1v) is 7.36. The van der Waals surface area contributed by atoms with E-state index in [0.29, 0.717) is 0 Å². The molecule has 3 aromatic rings. The normalized spacial score (nSPS) is 11.6. The first-order chi connectivity index (χ1) is 10.3. The van der Waals surface area contributed by atoms with Gasteiger partial charge >= 0.3 is 0 Å². The van der Waals surface area contributed by atoms with Crippen LogP contribution in [0.4, 0.5) is 0 Å². The highest BCUT2D eigenvalue weighted by atomic mass is 32.1. The van der Waals surface area contributed by atoms with Gasteiger partial charge in [0.1, 0.15) is 5.75 Å². The van der Waals surface area contributed by atoms with Gasteiger partial charge in [-0.1, -0.05) is 18.2 Å². The van der Waals surface area contributed by atoms with Crippen LogP contribution < -0.4 is 15.4 Å². The highest BCUT2D eigenvalue weighted by Crippen LogP contribution is 2.25. The monoisotopic (exact) mass is 297 g/mol. The summed E-state index contributed by atoms with van der Waals surface area (Å²) in [5, 5.41) is 5.94. The molecule has 0 aliphatic carbocycles. The van der Waals surface area contributed by atoms with Crippen LogP contribution >= 0.6 is 11.3 Å². The van der Waals surface area contributed by atoms with E-state index in [-0.39, 0.29) is 0 Å². The Labute approximate surface area is 126 Å². The lowest BCUT2D eigenvalue weighted by Crippen LogP contribution is -2.15. The maximum atomic E-state index is 5.52. The average Bonchev–Trinajstić information content (AvgIpc) is 2.99. The Morgan fingerprint density at radius 1 is 1.05 bits per heavy atom. The van der Waals surface area contributed by atoms with Crippen LogP contribution in [-0.4, -0.2) is 11.7 Å². The number of hydrogen-bond donors (Lipinski definition) is 1. The maximum absolute atomic E-state index is 5.52. The third-order valence-corrected chi connectivity index (χ3v) is 4.06. The second-order valence-corrected chi connectivity index (χ2v) is 5.27. The molecule has 0 bridgehead atoms. The molecule has 4 nitrogen and oxygen atoms in total. The Balaban J connectivity index is 2.17. The van der Waals surface area contributed by atoms with Crippen molar-refractivity contribution in [3.63, 3.8) is 0 Å². The number of hydrogen-bond acceptors (Lipinski definition) is 4. The zero-order valence-corrected chi connectivity index (χ0v) is 12.4. The third kappa shape index (κ3) is 2.55. The molecule has 0 amide bonds. The molecule has 0 aliphatic rings. The van der Waals surface area contributed by atoms with Crippen LogP contribution in [-0.2, 0) is 0 Å². The molecule has 0 saturated heterocycles. The molecule has 0 radical (unpaired) electrons. The number of thiazole rings is 1. The predicted octanol–water partition coefficient (Wildman–Crippen LogP) is 2.99. The van der Waals surface area contributed by atoms with Crippen molar-refractivity contribution in [1.82, 2.24) is 4.57 Å². The van der Waals surface area contributed by atoms with Crippen molar-refractivity contribution in [2.24, 2.45) is 10.9 Å². The Bertz CT molecular complexity index is 788. The van der Waals surface area contributed by atoms with Crippen molar-refractivity contribution in [2.45, 2.75) is 0 Å². The van der Waals surface area contributed by atoms with Gasteiger partial charge < -0.3 is 10.6 Å². The minimum Gasteiger partial charge on any atom is -0.497 e. The molecular weight excluding hydrogens is 282 g/mol. The lowest BCUT2D eigenvalue weighted by Gasteiger charge is -2.09. The number of ether oxygens (including phenoxy) is 1. The van der Waals surface area contributed by atoms with Crippen molar-refractivity contribution in [3.8, 4) is 22.7 Å². The molecular formula is C16H15N3OS. The van der Waals surface area contributed by atoms with Gasteiger partial charge in [-0.3, -0.25) is 4.57 Å². The third-order valence-electron chi connectivity index (χ3n) is 3.22. The van der Waals surface area contributed by atoms with Crippen molar-refractivity contribution in [2.75, 3.05) is 7.11 Å². The van der Waals surface area contributed by atoms with E-state index in [4.69, 9.17) is 10.6 Å². The van der Waals surface area contributed by atoms with Crippen molar-refractivity contribution < 1.29 is 4.74 Å². The second-order valence-electron chi connectivity index (χ2n) is 4.43. The van der Waals surface area contributed by atoms with E-state index in [1.807, 2.05) is 59.2 Å². The summed E-state index contributed by atoms with van der Waals surface area (Å²) in [6.07, 6.45) is 0. The zero-order chi connectivity index (χ0) is 14.7. The molecule has 106 valence electrons. The Hall–Kier alpha value is -2.53. The van der Waals surface area contributed by atoms with E-state index in [1.54, 1.807) is 7.11 Å². The highest BCUT2D eigenvalue weighted by molar-refractivity contribution is 7.07. The molecule has 2 aromatic carbocycles. The van der Waals surface area contributed by atoms with Gasteiger partial charge in [-0.15, -0.1) is 11.3 Å². The van der Waals surface area contributed by atoms with E-state index in [0.717, 1.165) is 27.5 Å². The first kappa shape index (κ1) is 13.5. The van der Waals surface area contributed by atoms with Crippen molar-refractivity contribution >= 4 is 11.3 Å². The number of benzene rings is 2. The average molecular weight is 297 g/mol. The fourth-order valence-electron chi connectivity index (χ4n) is 2.19. The van der Waals surface area contributed by atoms with Gasteiger partial charge in [-0.2, -0.15) is 5.10 Å². The largest absolute Gasteiger partial charge is 0.497 e. The van der Waals surface area contributed by atoms with E-state index >= 15 is 0 Å². The maximum Gasteiger partial charge on any atom is 0.212 e. The van der Waals surface area contributed by atoms with Crippen LogP contribution in [0.3, 0.4) is 0 Å². The highest BCUT2D eigenvalue weighted by Gasteiger charge is 2.09. The van der Waals surface area contributed by atoms with Gasteiger partial charge in [0.05, 0.1) is 12.8 Å². The van der Waals surface area contributed by atoms with Crippen LogP contribution in [0.2, 0.25) is 0 Å². The van der Waals surface area contributed by atoms with Crippen molar-refractivity contribution in [1.29, 1.82) is 0 Å². The summed E-state index contributed by atoms with van der Waals surface area (Å²) in [5.41, 5.74) is 3.18. The van der Waals surface area contributed by atoms with Crippen LogP contribution in [0.15, 0.2) is 65.1 Å². The van der Waals surface area contributed by atoms with Crippen molar-refractivity contribution in [3.05, 3.63) is 64.8 Å². The molecule has 0 atom stereocenters. The molecule has 0 saturated carbocycles. The fraction of sp³-hybridized carbons (Fsp3) is 0.0625. The van der Waals surface area contributed by atoms with Crippen LogP contribution in [0.5, 0.6) is 5.75 Å². The topological polar surface area (TPSA) is 52.5 Å². The molecule has 1 aromatic heterocycles. The zero-order valence-electron chi connectivity index (χ0n) is 11.6. The first-order valence-electron chi connectivity index (χ1n) is 6.48. The van der Waals surface area contributed by atoms with Gasteiger partial charge in [0.25, 0.3) is 0 Å². The molecule has 1 heterocycles. The number of nitrogens with zero attached hydrogens (tertiary/aromatic N) is 2. The number of rotatable bonds is 3. The summed E-state index contributed by atoms with van der Waals surface area (Å²) in [4.78, 5) is 0.756. The van der Waals surface area contributed by atoms with Gasteiger partial charge in [-0.05, 0) is 42.0 Å². The summed E-state index contributed by atoms with van der Waals surface area (Å²) >= 11 is 1.52. The molecule has 0 unspecified atom stereocenters. The summed E-state index contributed by atoms with van der Waals surface area (Å²) < 4.78 is 7.25. The van der Waals surface area contributed by atoms with Gasteiger partial charge in [-0.25, -0.2) is 0 Å². The van der Waals surface area contributed by atoms with E-state index in [9.17, 15) is 0 Å². The Kier molecular flexibility index (Phi) is 3.75. The lowest BCUT2D eigenvalue weighted by molar-refractivity contribution is 0.415. The van der Waals surface area contributed by atoms with Crippen LogP contribution in [0.1, 0.15) is 0 Å². The number of methoxy groups -OCH3 is 1. The smallest absolute Gasteiger partial charge is 0.212 e. The Morgan fingerprint density at radius 3 is 2.38 bits per heavy atom. The molecule has 0 fully saturated rings.